The molecule has 2 rings (SSSR count). The smallest absolute Gasteiger partial charge is 0.251 e. The van der Waals surface area contributed by atoms with E-state index < -0.39 is 5.60 Å². The Morgan fingerprint density at radius 1 is 1.14 bits per heavy atom. The van der Waals surface area contributed by atoms with Crippen molar-refractivity contribution >= 4 is 5.91 Å². The number of nitrogens with two attached hydrogens (primary N) is 1. The van der Waals surface area contributed by atoms with Gasteiger partial charge in [0.15, 0.2) is 0 Å². The number of hydrogen-bond acceptors (Lipinski definition) is 3. The second kappa shape index (κ2) is 7.20. The molecular formula is C18H22N2O2. The Labute approximate surface area is 131 Å². The van der Waals surface area contributed by atoms with Crippen LogP contribution < -0.4 is 11.1 Å². The zero-order valence-electron chi connectivity index (χ0n) is 12.8. The summed E-state index contributed by atoms with van der Waals surface area (Å²) < 4.78 is 0. The Morgan fingerprint density at radius 3 is 2.50 bits per heavy atom. The Bertz CT molecular complexity index is 624. The summed E-state index contributed by atoms with van der Waals surface area (Å²) in [5, 5.41) is 13.6. The van der Waals surface area contributed by atoms with Crippen molar-refractivity contribution in [3.63, 3.8) is 0 Å². The first-order valence-electron chi connectivity index (χ1n) is 7.42. The van der Waals surface area contributed by atoms with Crippen LogP contribution in [0.3, 0.4) is 0 Å². The Balaban J connectivity index is 2.22. The number of aliphatic hydroxyl groups is 1. The Kier molecular flexibility index (Phi) is 5.31. The first-order valence-corrected chi connectivity index (χ1v) is 7.42. The SMILES string of the molecule is CC(O)(c1ccccc1)c1cccc(C(=O)NCCCN)c1. The van der Waals surface area contributed by atoms with E-state index in [1.54, 1.807) is 25.1 Å². The Hall–Kier alpha value is -2.17. The molecule has 2 aromatic carbocycles. The molecule has 0 aliphatic carbocycles. The third-order valence-electron chi connectivity index (χ3n) is 3.69. The minimum absolute atomic E-state index is 0.154. The lowest BCUT2D eigenvalue weighted by Gasteiger charge is -2.25. The van der Waals surface area contributed by atoms with Crippen LogP contribution in [0.25, 0.3) is 0 Å². The molecule has 0 saturated heterocycles. The predicted octanol–water partition coefficient (Wildman–Crippen LogP) is 2.02. The topological polar surface area (TPSA) is 75.3 Å². The van der Waals surface area contributed by atoms with E-state index in [4.69, 9.17) is 5.73 Å². The van der Waals surface area contributed by atoms with E-state index in [9.17, 15) is 9.90 Å². The maximum Gasteiger partial charge on any atom is 0.251 e. The van der Waals surface area contributed by atoms with Gasteiger partial charge in [0, 0.05) is 12.1 Å². The lowest BCUT2D eigenvalue weighted by Crippen LogP contribution is -2.27. The molecule has 4 heteroatoms. The predicted molar refractivity (Wildman–Crippen MR) is 87.6 cm³/mol. The Morgan fingerprint density at radius 2 is 1.82 bits per heavy atom. The van der Waals surface area contributed by atoms with Crippen LogP contribution in [0.5, 0.6) is 0 Å². The highest BCUT2D eigenvalue weighted by Gasteiger charge is 2.25. The van der Waals surface area contributed by atoms with Crippen molar-refractivity contribution in [3.05, 3.63) is 71.3 Å². The third-order valence-corrected chi connectivity index (χ3v) is 3.69. The third kappa shape index (κ3) is 3.72. The molecule has 0 spiro atoms. The molecule has 1 amide bonds. The van der Waals surface area contributed by atoms with E-state index in [0.717, 1.165) is 12.0 Å². The monoisotopic (exact) mass is 298 g/mol. The van der Waals surface area contributed by atoms with Crippen LogP contribution in [0.2, 0.25) is 0 Å². The van der Waals surface area contributed by atoms with Crippen molar-refractivity contribution in [2.24, 2.45) is 5.73 Å². The van der Waals surface area contributed by atoms with Gasteiger partial charge in [0.1, 0.15) is 5.60 Å². The fourth-order valence-corrected chi connectivity index (χ4v) is 2.30. The number of nitrogens with one attached hydrogen (secondary N) is 1. The summed E-state index contributed by atoms with van der Waals surface area (Å²) in [6.45, 7) is 2.82. The van der Waals surface area contributed by atoms with Crippen LogP contribution >= 0.6 is 0 Å². The average Bonchev–Trinajstić information content (AvgIpc) is 2.56. The molecule has 0 radical (unpaired) electrons. The van der Waals surface area contributed by atoms with Crippen molar-refractivity contribution in [2.75, 3.05) is 13.1 Å². The van der Waals surface area contributed by atoms with Gasteiger partial charge in [0.05, 0.1) is 0 Å². The van der Waals surface area contributed by atoms with Crippen molar-refractivity contribution in [1.82, 2.24) is 5.32 Å². The maximum atomic E-state index is 12.1. The van der Waals surface area contributed by atoms with Crippen molar-refractivity contribution in [3.8, 4) is 0 Å². The van der Waals surface area contributed by atoms with E-state index in [-0.39, 0.29) is 5.91 Å². The molecule has 2 aromatic rings. The van der Waals surface area contributed by atoms with E-state index in [1.807, 2.05) is 36.4 Å². The fraction of sp³-hybridized carbons (Fsp3) is 0.278. The first kappa shape index (κ1) is 16.2. The van der Waals surface area contributed by atoms with Gasteiger partial charge in [0.2, 0.25) is 0 Å². The summed E-state index contributed by atoms with van der Waals surface area (Å²) >= 11 is 0. The number of hydrogen-bond donors (Lipinski definition) is 3. The highest BCUT2D eigenvalue weighted by molar-refractivity contribution is 5.94. The highest BCUT2D eigenvalue weighted by Crippen LogP contribution is 2.29. The molecule has 0 aromatic heterocycles. The van der Waals surface area contributed by atoms with Crippen LogP contribution in [0.1, 0.15) is 34.8 Å². The van der Waals surface area contributed by atoms with Crippen molar-refractivity contribution in [1.29, 1.82) is 0 Å². The van der Waals surface area contributed by atoms with E-state index in [2.05, 4.69) is 5.32 Å². The van der Waals surface area contributed by atoms with Gasteiger partial charge in [-0.2, -0.15) is 0 Å². The fourth-order valence-electron chi connectivity index (χ4n) is 2.30. The zero-order chi connectivity index (χ0) is 16.0. The van der Waals surface area contributed by atoms with E-state index in [0.29, 0.717) is 24.2 Å². The van der Waals surface area contributed by atoms with Gasteiger partial charge in [-0.1, -0.05) is 42.5 Å². The molecule has 4 N–H and O–H groups in total. The number of carbonyl (C=O) groups is 1. The van der Waals surface area contributed by atoms with Gasteiger partial charge in [-0.25, -0.2) is 0 Å². The summed E-state index contributed by atoms with van der Waals surface area (Å²) in [6.07, 6.45) is 0.743. The maximum absolute atomic E-state index is 12.1. The van der Waals surface area contributed by atoms with Gasteiger partial charge in [0.25, 0.3) is 5.91 Å². The second-order valence-electron chi connectivity index (χ2n) is 5.42. The number of amides is 1. The van der Waals surface area contributed by atoms with Crippen LogP contribution in [-0.2, 0) is 5.60 Å². The number of rotatable bonds is 6. The molecule has 0 aliphatic heterocycles. The number of carbonyl (C=O) groups excluding carboxylic acids is 1. The summed E-state index contributed by atoms with van der Waals surface area (Å²) in [7, 11) is 0. The molecule has 0 heterocycles. The number of benzene rings is 2. The quantitative estimate of drug-likeness (QED) is 0.714. The van der Waals surface area contributed by atoms with Crippen molar-refractivity contribution in [2.45, 2.75) is 18.9 Å². The van der Waals surface area contributed by atoms with Crippen LogP contribution in [-0.4, -0.2) is 24.1 Å². The van der Waals surface area contributed by atoms with Gasteiger partial charge in [-0.05, 0) is 43.1 Å². The van der Waals surface area contributed by atoms with Crippen LogP contribution in [0, 0.1) is 0 Å². The van der Waals surface area contributed by atoms with Crippen molar-refractivity contribution < 1.29 is 9.90 Å². The van der Waals surface area contributed by atoms with Crippen LogP contribution in [0.15, 0.2) is 54.6 Å². The van der Waals surface area contributed by atoms with Gasteiger partial charge < -0.3 is 16.2 Å². The van der Waals surface area contributed by atoms with E-state index >= 15 is 0 Å². The molecule has 22 heavy (non-hydrogen) atoms. The minimum atomic E-state index is -1.14. The lowest BCUT2D eigenvalue weighted by molar-refractivity contribution is 0.0949. The van der Waals surface area contributed by atoms with Gasteiger partial charge >= 0.3 is 0 Å². The summed E-state index contributed by atoms with van der Waals surface area (Å²) in [6, 6.07) is 16.5. The molecule has 116 valence electrons. The second-order valence-corrected chi connectivity index (χ2v) is 5.42. The molecule has 1 unspecified atom stereocenters. The molecule has 4 nitrogen and oxygen atoms in total. The van der Waals surface area contributed by atoms with Gasteiger partial charge in [-0.3, -0.25) is 4.79 Å². The lowest BCUT2D eigenvalue weighted by atomic mass is 9.87. The normalized spacial score (nSPS) is 13.4. The molecular weight excluding hydrogens is 276 g/mol. The van der Waals surface area contributed by atoms with E-state index in [1.165, 1.54) is 0 Å². The zero-order valence-corrected chi connectivity index (χ0v) is 12.8. The average molecular weight is 298 g/mol. The van der Waals surface area contributed by atoms with Gasteiger partial charge in [-0.15, -0.1) is 0 Å². The standard InChI is InChI=1S/C18H22N2O2/c1-18(22,15-8-3-2-4-9-15)16-10-5-7-14(13-16)17(21)20-12-6-11-19/h2-5,7-10,13,22H,6,11-12,19H2,1H3,(H,20,21). The summed E-state index contributed by atoms with van der Waals surface area (Å²) in [4.78, 5) is 12.1. The molecule has 0 aliphatic rings. The molecule has 0 bridgehead atoms. The minimum Gasteiger partial charge on any atom is -0.381 e. The van der Waals surface area contributed by atoms with Crippen LogP contribution in [0.4, 0.5) is 0 Å². The molecule has 1 atom stereocenters. The largest absolute Gasteiger partial charge is 0.381 e. The first-order chi connectivity index (χ1) is 10.6. The summed E-state index contributed by atoms with van der Waals surface area (Å²) in [5.41, 5.74) is 6.28. The summed E-state index contributed by atoms with van der Waals surface area (Å²) in [5.74, 6) is -0.154. The molecule has 0 saturated carbocycles. The molecule has 0 fully saturated rings. The highest BCUT2D eigenvalue weighted by atomic mass is 16.3.